The summed E-state index contributed by atoms with van der Waals surface area (Å²) in [5, 5.41) is 4.10. The Morgan fingerprint density at radius 2 is 1.88 bits per heavy atom. The van der Waals surface area contributed by atoms with Crippen molar-refractivity contribution < 1.29 is 14.3 Å². The normalized spacial score (nSPS) is 20.8. The minimum atomic E-state index is -0.365. The Balaban J connectivity index is 1.32. The largest absolute Gasteiger partial charge is 0.495 e. The SMILES string of the molecule is C=CC(=O)N1CC(N2CCN(C(=O)C(C)Nc3cc(C4CCC4)c(Cl)cc3OC)CC2)C1. The third kappa shape index (κ3) is 4.59. The van der Waals surface area contributed by atoms with Crippen molar-refractivity contribution in [1.82, 2.24) is 14.7 Å². The number of rotatable bonds is 7. The Morgan fingerprint density at radius 1 is 1.19 bits per heavy atom. The second-order valence-corrected chi connectivity index (χ2v) is 9.44. The maximum absolute atomic E-state index is 13.1. The van der Waals surface area contributed by atoms with Crippen molar-refractivity contribution in [2.45, 2.75) is 44.2 Å². The lowest BCUT2D eigenvalue weighted by atomic mass is 9.80. The fourth-order valence-corrected chi connectivity index (χ4v) is 5.07. The van der Waals surface area contributed by atoms with Crippen LogP contribution in [0.5, 0.6) is 5.75 Å². The minimum absolute atomic E-state index is 0.00643. The van der Waals surface area contributed by atoms with E-state index in [0.717, 1.165) is 55.3 Å². The van der Waals surface area contributed by atoms with Crippen LogP contribution in [0.4, 0.5) is 5.69 Å². The number of ether oxygens (including phenoxy) is 1. The molecule has 8 heteroatoms. The van der Waals surface area contributed by atoms with Crippen LogP contribution < -0.4 is 10.1 Å². The van der Waals surface area contributed by atoms with Gasteiger partial charge >= 0.3 is 0 Å². The number of halogens is 1. The summed E-state index contributed by atoms with van der Waals surface area (Å²) in [6, 6.07) is 3.93. The second-order valence-electron chi connectivity index (χ2n) is 9.03. The molecular formula is C24H33ClN4O3. The van der Waals surface area contributed by atoms with Crippen molar-refractivity contribution in [3.05, 3.63) is 35.4 Å². The Morgan fingerprint density at radius 3 is 2.44 bits per heavy atom. The third-order valence-corrected chi connectivity index (χ3v) is 7.42. The van der Waals surface area contributed by atoms with E-state index >= 15 is 0 Å². The Kier molecular flexibility index (Phi) is 6.96. The molecule has 2 aliphatic heterocycles. The zero-order valence-electron chi connectivity index (χ0n) is 19.0. The highest BCUT2D eigenvalue weighted by Crippen LogP contribution is 2.43. The predicted molar refractivity (Wildman–Crippen MR) is 126 cm³/mol. The number of piperazine rings is 1. The Bertz CT molecular complexity index is 874. The molecule has 3 aliphatic rings. The maximum Gasteiger partial charge on any atom is 0.246 e. The maximum atomic E-state index is 13.1. The summed E-state index contributed by atoms with van der Waals surface area (Å²) in [7, 11) is 1.62. The van der Waals surface area contributed by atoms with Crippen LogP contribution in [0, 0.1) is 0 Å². The molecule has 0 radical (unpaired) electrons. The molecule has 4 rings (SSSR count). The fourth-order valence-electron chi connectivity index (χ4n) is 4.76. The van der Waals surface area contributed by atoms with E-state index in [1.807, 2.05) is 17.9 Å². The Hall–Kier alpha value is -2.25. The fraction of sp³-hybridized carbons (Fsp3) is 0.583. The molecule has 2 amide bonds. The second kappa shape index (κ2) is 9.71. The predicted octanol–water partition coefficient (Wildman–Crippen LogP) is 2.96. The quantitative estimate of drug-likeness (QED) is 0.634. The molecule has 7 nitrogen and oxygen atoms in total. The van der Waals surface area contributed by atoms with Crippen LogP contribution in [0.15, 0.2) is 24.8 Å². The number of nitrogens with zero attached hydrogens (tertiary/aromatic N) is 3. The van der Waals surface area contributed by atoms with Gasteiger partial charge in [-0.3, -0.25) is 14.5 Å². The van der Waals surface area contributed by atoms with E-state index in [9.17, 15) is 9.59 Å². The lowest BCUT2D eigenvalue weighted by Crippen LogP contribution is -2.64. The molecule has 2 saturated heterocycles. The van der Waals surface area contributed by atoms with Crippen molar-refractivity contribution in [2.24, 2.45) is 0 Å². The number of likely N-dealkylation sites (tertiary alicyclic amines) is 1. The van der Waals surface area contributed by atoms with Gasteiger partial charge in [0, 0.05) is 56.4 Å². The molecule has 0 aromatic heterocycles. The number of amides is 2. The lowest BCUT2D eigenvalue weighted by Gasteiger charge is -2.48. The van der Waals surface area contributed by atoms with Gasteiger partial charge in [-0.05, 0) is 43.4 Å². The third-order valence-electron chi connectivity index (χ3n) is 7.10. The van der Waals surface area contributed by atoms with E-state index in [0.29, 0.717) is 30.8 Å². The van der Waals surface area contributed by atoms with Crippen LogP contribution in [-0.2, 0) is 9.59 Å². The first-order valence-corrected chi connectivity index (χ1v) is 11.9. The average Bonchev–Trinajstić information content (AvgIpc) is 2.73. The van der Waals surface area contributed by atoms with E-state index in [4.69, 9.17) is 16.3 Å². The molecular weight excluding hydrogens is 428 g/mol. The molecule has 2 heterocycles. The van der Waals surface area contributed by atoms with E-state index in [1.165, 1.54) is 12.5 Å². The summed E-state index contributed by atoms with van der Waals surface area (Å²) in [5.41, 5.74) is 1.96. The monoisotopic (exact) mass is 460 g/mol. The van der Waals surface area contributed by atoms with Gasteiger partial charge in [0.2, 0.25) is 11.8 Å². The van der Waals surface area contributed by atoms with Crippen molar-refractivity contribution in [1.29, 1.82) is 0 Å². The van der Waals surface area contributed by atoms with Crippen LogP contribution in [0.3, 0.4) is 0 Å². The summed E-state index contributed by atoms with van der Waals surface area (Å²) in [5.74, 6) is 1.24. The molecule has 1 saturated carbocycles. The van der Waals surface area contributed by atoms with E-state index in [-0.39, 0.29) is 17.9 Å². The van der Waals surface area contributed by atoms with Gasteiger partial charge in [0.1, 0.15) is 11.8 Å². The first-order valence-electron chi connectivity index (χ1n) is 11.5. The van der Waals surface area contributed by atoms with Gasteiger partial charge < -0.3 is 19.9 Å². The first-order chi connectivity index (χ1) is 15.4. The smallest absolute Gasteiger partial charge is 0.246 e. The van der Waals surface area contributed by atoms with Gasteiger partial charge in [-0.15, -0.1) is 0 Å². The van der Waals surface area contributed by atoms with Crippen LogP contribution in [0.1, 0.15) is 37.7 Å². The average molecular weight is 461 g/mol. The number of nitrogens with one attached hydrogen (secondary N) is 1. The van der Waals surface area contributed by atoms with Crippen LogP contribution in [0.25, 0.3) is 0 Å². The zero-order chi connectivity index (χ0) is 22.8. The highest BCUT2D eigenvalue weighted by Gasteiger charge is 2.36. The molecule has 0 spiro atoms. The summed E-state index contributed by atoms with van der Waals surface area (Å²) in [6.07, 6.45) is 4.92. The van der Waals surface area contributed by atoms with Crippen molar-refractivity contribution >= 4 is 29.1 Å². The number of carbonyl (C=O) groups excluding carboxylic acids is 2. The standard InChI is InChI=1S/C24H33ClN4O3/c1-4-23(30)29-14-18(15-29)27-8-10-28(11-9-27)24(31)16(2)26-21-12-19(17-6-5-7-17)20(25)13-22(21)32-3/h4,12-13,16-18,26H,1,5-11,14-15H2,2-3H3. The molecule has 1 unspecified atom stereocenters. The molecule has 1 aromatic carbocycles. The first kappa shape index (κ1) is 22.9. The number of carbonyl (C=O) groups is 2. The number of benzene rings is 1. The van der Waals surface area contributed by atoms with E-state index in [2.05, 4.69) is 22.9 Å². The van der Waals surface area contributed by atoms with Gasteiger partial charge in [-0.2, -0.15) is 0 Å². The van der Waals surface area contributed by atoms with Gasteiger partial charge in [-0.25, -0.2) is 0 Å². The molecule has 3 fully saturated rings. The molecule has 1 N–H and O–H groups in total. The Labute approximate surface area is 195 Å². The molecule has 0 bridgehead atoms. The van der Waals surface area contributed by atoms with Crippen LogP contribution in [0.2, 0.25) is 5.02 Å². The summed E-state index contributed by atoms with van der Waals surface area (Å²) in [4.78, 5) is 30.9. The molecule has 1 aromatic rings. The molecule has 174 valence electrons. The van der Waals surface area contributed by atoms with Crippen molar-refractivity contribution in [3.63, 3.8) is 0 Å². The minimum Gasteiger partial charge on any atom is -0.495 e. The number of hydrogen-bond donors (Lipinski definition) is 1. The summed E-state index contributed by atoms with van der Waals surface area (Å²) in [6.45, 7) is 9.99. The highest BCUT2D eigenvalue weighted by molar-refractivity contribution is 6.31. The summed E-state index contributed by atoms with van der Waals surface area (Å²) >= 11 is 6.48. The molecule has 1 aliphatic carbocycles. The number of hydrogen-bond acceptors (Lipinski definition) is 5. The topological polar surface area (TPSA) is 65.1 Å². The zero-order valence-corrected chi connectivity index (χ0v) is 19.7. The van der Waals surface area contributed by atoms with Crippen molar-refractivity contribution in [2.75, 3.05) is 51.7 Å². The molecule has 1 atom stereocenters. The van der Waals surface area contributed by atoms with Gasteiger partial charge in [0.15, 0.2) is 0 Å². The van der Waals surface area contributed by atoms with Gasteiger partial charge in [0.05, 0.1) is 12.8 Å². The van der Waals surface area contributed by atoms with Gasteiger partial charge in [0.25, 0.3) is 0 Å². The highest BCUT2D eigenvalue weighted by atomic mass is 35.5. The van der Waals surface area contributed by atoms with E-state index in [1.54, 1.807) is 12.0 Å². The summed E-state index contributed by atoms with van der Waals surface area (Å²) < 4.78 is 5.52. The van der Waals surface area contributed by atoms with Crippen LogP contribution >= 0.6 is 11.6 Å². The lowest BCUT2D eigenvalue weighted by molar-refractivity contribution is -0.136. The van der Waals surface area contributed by atoms with E-state index < -0.39 is 0 Å². The number of methoxy groups -OCH3 is 1. The molecule has 32 heavy (non-hydrogen) atoms. The van der Waals surface area contributed by atoms with Crippen LogP contribution in [-0.4, -0.2) is 85.0 Å². The van der Waals surface area contributed by atoms with Crippen molar-refractivity contribution in [3.8, 4) is 5.75 Å². The number of anilines is 1. The van der Waals surface area contributed by atoms with Gasteiger partial charge in [-0.1, -0.05) is 24.6 Å².